The summed E-state index contributed by atoms with van der Waals surface area (Å²) in [5, 5.41) is 0. The molecular weight excluding hydrogens is 456 g/mol. The topological polar surface area (TPSA) is 26.3 Å². The lowest BCUT2D eigenvalue weighted by molar-refractivity contribution is -0.0498. The summed E-state index contributed by atoms with van der Waals surface area (Å²) in [5.74, 6) is -0.0338. The number of alkyl halides is 2. The normalized spacial score (nSPS) is 20.4. The highest BCUT2D eigenvalue weighted by Crippen LogP contribution is 2.53. The molecule has 0 radical (unpaired) electrons. The molecule has 0 amide bonds. The first-order chi connectivity index (χ1) is 16.6. The van der Waals surface area contributed by atoms with Crippen molar-refractivity contribution in [2.24, 2.45) is 11.3 Å². The van der Waals surface area contributed by atoms with E-state index in [9.17, 15) is 22.4 Å². The molecule has 184 valence electrons. The number of benzene rings is 3. The predicted octanol–water partition coefficient (Wildman–Crippen LogP) is 7.75. The van der Waals surface area contributed by atoms with Gasteiger partial charge >= 0.3 is 6.61 Å². The number of ketones is 1. The molecule has 6 heteroatoms. The second kappa shape index (κ2) is 10.2. The van der Waals surface area contributed by atoms with Gasteiger partial charge in [-0.15, -0.1) is 0 Å². The second-order valence-electron chi connectivity index (χ2n) is 9.92. The maximum absolute atomic E-state index is 14.1. The Balaban J connectivity index is 1.43. The van der Waals surface area contributed by atoms with Crippen molar-refractivity contribution in [3.8, 4) is 5.75 Å². The van der Waals surface area contributed by atoms with Gasteiger partial charge in [0.1, 0.15) is 17.4 Å². The molecule has 0 heterocycles. The fraction of sp³-hybridized carbons (Fsp3) is 0.345. The van der Waals surface area contributed by atoms with Gasteiger partial charge in [-0.1, -0.05) is 38.1 Å². The third kappa shape index (κ3) is 6.11. The van der Waals surface area contributed by atoms with Gasteiger partial charge in [-0.05, 0) is 95.7 Å². The first-order valence-corrected chi connectivity index (χ1v) is 11.7. The number of Topliss-reactive ketones (excluding diaryl/α,β-unsaturated/α-hetero) is 1. The Morgan fingerprint density at radius 1 is 0.971 bits per heavy atom. The molecule has 1 atom stereocenters. The Hall–Kier alpha value is -3.15. The average molecular weight is 485 g/mol. The second-order valence-corrected chi connectivity index (χ2v) is 9.92. The number of halogens is 4. The summed E-state index contributed by atoms with van der Waals surface area (Å²) >= 11 is 0. The predicted molar refractivity (Wildman–Crippen MR) is 127 cm³/mol. The summed E-state index contributed by atoms with van der Waals surface area (Å²) in [6.07, 6.45) is 2.52. The van der Waals surface area contributed by atoms with Crippen LogP contribution in [0.3, 0.4) is 0 Å². The lowest BCUT2D eigenvalue weighted by atomic mass is 9.56. The van der Waals surface area contributed by atoms with Crippen LogP contribution in [0.15, 0.2) is 66.7 Å². The molecule has 0 aliphatic heterocycles. The molecule has 4 rings (SSSR count). The molecule has 2 nitrogen and oxygen atoms in total. The summed E-state index contributed by atoms with van der Waals surface area (Å²) in [7, 11) is 0. The minimum atomic E-state index is -2.91. The maximum atomic E-state index is 14.1. The van der Waals surface area contributed by atoms with Crippen molar-refractivity contribution in [3.63, 3.8) is 0 Å². The van der Waals surface area contributed by atoms with Gasteiger partial charge in [0, 0.05) is 12.0 Å². The van der Waals surface area contributed by atoms with Gasteiger partial charge in [0.15, 0.2) is 5.78 Å². The molecule has 0 bridgehead atoms. The molecule has 3 aromatic carbocycles. The zero-order valence-corrected chi connectivity index (χ0v) is 19.7. The van der Waals surface area contributed by atoms with Crippen molar-refractivity contribution in [2.45, 2.75) is 52.1 Å². The Morgan fingerprint density at radius 3 is 2.23 bits per heavy atom. The van der Waals surface area contributed by atoms with Crippen LogP contribution in [-0.2, 0) is 12.8 Å². The van der Waals surface area contributed by atoms with E-state index in [1.165, 1.54) is 42.5 Å². The maximum Gasteiger partial charge on any atom is 0.387 e. The average Bonchev–Trinajstić information content (AvgIpc) is 2.78. The molecule has 0 spiro atoms. The molecule has 0 N–H and O–H groups in total. The van der Waals surface area contributed by atoms with Gasteiger partial charge in [-0.3, -0.25) is 4.79 Å². The quantitative estimate of drug-likeness (QED) is 0.229. The number of rotatable bonds is 9. The van der Waals surface area contributed by atoms with Crippen molar-refractivity contribution < 1.29 is 27.1 Å². The van der Waals surface area contributed by atoms with Gasteiger partial charge in [-0.25, -0.2) is 8.78 Å². The summed E-state index contributed by atoms with van der Waals surface area (Å²) in [4.78, 5) is 13.1. The van der Waals surface area contributed by atoms with Crippen LogP contribution in [0.2, 0.25) is 0 Å². The summed E-state index contributed by atoms with van der Waals surface area (Å²) < 4.78 is 56.4. The van der Waals surface area contributed by atoms with Crippen LogP contribution in [0.1, 0.15) is 59.7 Å². The zero-order chi connectivity index (χ0) is 25.2. The molecule has 0 saturated heterocycles. The van der Waals surface area contributed by atoms with E-state index in [-0.39, 0.29) is 40.9 Å². The molecule has 1 aliphatic rings. The van der Waals surface area contributed by atoms with Crippen LogP contribution in [0, 0.1) is 23.0 Å². The number of hydrogen-bond acceptors (Lipinski definition) is 2. The zero-order valence-electron chi connectivity index (χ0n) is 19.7. The van der Waals surface area contributed by atoms with Gasteiger partial charge < -0.3 is 4.74 Å². The molecule has 1 unspecified atom stereocenters. The summed E-state index contributed by atoms with van der Waals surface area (Å²) in [6, 6.07) is 16.8. The van der Waals surface area contributed by atoms with Crippen LogP contribution in [0.4, 0.5) is 17.6 Å². The molecule has 1 saturated carbocycles. The molecular formula is C29H28F4O2. The highest BCUT2D eigenvalue weighted by atomic mass is 19.3. The monoisotopic (exact) mass is 484 g/mol. The molecule has 3 aromatic rings. The molecule has 0 aromatic heterocycles. The number of hydrogen-bond donors (Lipinski definition) is 0. The van der Waals surface area contributed by atoms with Crippen LogP contribution in [0.25, 0.3) is 0 Å². The first kappa shape index (κ1) is 25.0. The van der Waals surface area contributed by atoms with Gasteiger partial charge in [0.2, 0.25) is 0 Å². The van der Waals surface area contributed by atoms with E-state index in [4.69, 9.17) is 0 Å². The van der Waals surface area contributed by atoms with Gasteiger partial charge in [-0.2, -0.15) is 8.78 Å². The van der Waals surface area contributed by atoms with E-state index < -0.39 is 6.61 Å². The third-order valence-electron chi connectivity index (χ3n) is 7.11. The van der Waals surface area contributed by atoms with Crippen LogP contribution in [-0.4, -0.2) is 12.4 Å². The largest absolute Gasteiger partial charge is 0.435 e. The van der Waals surface area contributed by atoms with E-state index in [1.807, 2.05) is 12.1 Å². The van der Waals surface area contributed by atoms with Crippen molar-refractivity contribution in [3.05, 3.63) is 101 Å². The number of ether oxygens (including phenoxy) is 1. The van der Waals surface area contributed by atoms with Crippen LogP contribution in [0.5, 0.6) is 5.75 Å². The van der Waals surface area contributed by atoms with E-state index in [0.29, 0.717) is 29.0 Å². The fourth-order valence-corrected chi connectivity index (χ4v) is 5.25. The Bertz CT molecular complexity index is 1170. The van der Waals surface area contributed by atoms with E-state index in [1.54, 1.807) is 12.1 Å². The minimum Gasteiger partial charge on any atom is -0.435 e. The molecule has 1 aliphatic carbocycles. The first-order valence-electron chi connectivity index (χ1n) is 11.7. The van der Waals surface area contributed by atoms with Crippen molar-refractivity contribution in [1.29, 1.82) is 0 Å². The van der Waals surface area contributed by atoms with Crippen LogP contribution >= 0.6 is 0 Å². The Kier molecular flexibility index (Phi) is 7.29. The Labute approximate surface area is 202 Å². The summed E-state index contributed by atoms with van der Waals surface area (Å²) in [5.41, 5.74) is 2.87. The van der Waals surface area contributed by atoms with Crippen molar-refractivity contribution in [2.75, 3.05) is 0 Å². The molecule has 35 heavy (non-hydrogen) atoms. The SMILES string of the molecule is CC(c1ccc(F)cc1)C1CC(C)(Cc2cc(F)ccc2C(=O)Cc2ccc(OC(F)F)cc2)C1. The van der Waals surface area contributed by atoms with Gasteiger partial charge in [0.25, 0.3) is 0 Å². The smallest absolute Gasteiger partial charge is 0.387 e. The highest BCUT2D eigenvalue weighted by Gasteiger charge is 2.43. The van der Waals surface area contributed by atoms with Crippen molar-refractivity contribution in [1.82, 2.24) is 0 Å². The standard InChI is InChI=1S/C29H28F4O2/c1-18(20-5-7-23(30)8-6-20)22-16-29(2,17-22)15-21-14-24(31)9-12-26(21)27(34)13-19-3-10-25(11-4-19)35-28(32)33/h3-12,14,18,22,28H,13,15-17H2,1-2H3. The molecule has 1 fully saturated rings. The van der Waals surface area contributed by atoms with Gasteiger partial charge in [0.05, 0.1) is 0 Å². The van der Waals surface area contributed by atoms with Crippen LogP contribution < -0.4 is 4.74 Å². The third-order valence-corrected chi connectivity index (χ3v) is 7.11. The lowest BCUT2D eigenvalue weighted by Gasteiger charge is -2.48. The number of carbonyl (C=O) groups excluding carboxylic acids is 1. The minimum absolute atomic E-state index is 0.0287. The van der Waals surface area contributed by atoms with E-state index in [0.717, 1.165) is 18.4 Å². The lowest BCUT2D eigenvalue weighted by Crippen LogP contribution is -2.39. The van der Waals surface area contributed by atoms with Crippen molar-refractivity contribution >= 4 is 5.78 Å². The van der Waals surface area contributed by atoms with E-state index in [2.05, 4.69) is 18.6 Å². The highest BCUT2D eigenvalue weighted by molar-refractivity contribution is 5.98. The van der Waals surface area contributed by atoms with E-state index >= 15 is 0 Å². The summed E-state index contributed by atoms with van der Waals surface area (Å²) in [6.45, 7) is 1.39. The fourth-order valence-electron chi connectivity index (χ4n) is 5.25. The Morgan fingerprint density at radius 2 is 1.60 bits per heavy atom. The number of carbonyl (C=O) groups is 1.